The Kier molecular flexibility index (Phi) is 3.66. The summed E-state index contributed by atoms with van der Waals surface area (Å²) in [5.74, 6) is -1.41. The summed E-state index contributed by atoms with van der Waals surface area (Å²) in [6.07, 6.45) is 0. The molecule has 86 valence electrons. The first-order valence-electron chi connectivity index (χ1n) is 4.99. The Bertz CT molecular complexity index is 426. The number of carboxylic acid groups (broad SMARTS) is 1. The summed E-state index contributed by atoms with van der Waals surface area (Å²) in [6, 6.07) is 4.38. The van der Waals surface area contributed by atoms with Gasteiger partial charge in [0.05, 0.1) is 0 Å². The predicted molar refractivity (Wildman–Crippen MR) is 60.1 cm³/mol. The molecule has 0 radical (unpaired) electrons. The molecule has 0 aliphatic rings. The van der Waals surface area contributed by atoms with Gasteiger partial charge >= 0.3 is 5.97 Å². The van der Waals surface area contributed by atoms with Gasteiger partial charge < -0.3 is 10.4 Å². The van der Waals surface area contributed by atoms with Gasteiger partial charge in [-0.2, -0.15) is 0 Å². The van der Waals surface area contributed by atoms with Crippen molar-refractivity contribution in [3.05, 3.63) is 34.9 Å². The number of amides is 1. The van der Waals surface area contributed by atoms with Crippen molar-refractivity contribution in [1.82, 2.24) is 5.32 Å². The highest BCUT2D eigenvalue weighted by Crippen LogP contribution is 2.17. The van der Waals surface area contributed by atoms with E-state index in [1.807, 2.05) is 19.9 Å². The third kappa shape index (κ3) is 2.82. The normalized spacial score (nSPS) is 11.9. The lowest BCUT2D eigenvalue weighted by atomic mass is 10.0. The molecule has 0 aliphatic heterocycles. The molecule has 0 fully saturated rings. The molecule has 16 heavy (non-hydrogen) atoms. The molecule has 1 rings (SSSR count). The lowest BCUT2D eigenvalue weighted by Gasteiger charge is -2.14. The number of carbonyl (C=O) groups is 2. The van der Waals surface area contributed by atoms with E-state index in [4.69, 9.17) is 5.11 Å². The second-order valence-electron chi connectivity index (χ2n) is 3.82. The summed E-state index contributed by atoms with van der Waals surface area (Å²) in [7, 11) is 0. The van der Waals surface area contributed by atoms with Crippen LogP contribution >= 0.6 is 0 Å². The zero-order valence-corrected chi connectivity index (χ0v) is 9.57. The third-order valence-electron chi connectivity index (χ3n) is 2.46. The third-order valence-corrected chi connectivity index (χ3v) is 2.46. The van der Waals surface area contributed by atoms with Crippen molar-refractivity contribution in [3.8, 4) is 0 Å². The average molecular weight is 221 g/mol. The molecule has 0 aromatic heterocycles. The molecule has 0 saturated carbocycles. The lowest BCUT2D eigenvalue weighted by molar-refractivity contribution is -0.141. The van der Waals surface area contributed by atoms with Gasteiger partial charge in [-0.15, -0.1) is 0 Å². The standard InChI is InChI=1S/C12H15NO3/c1-7-4-5-10(6-8(7)2)11(12(15)16)13-9(3)14/h4-6,11H,1-3H3,(H,13,14)(H,15,16). The van der Waals surface area contributed by atoms with Gasteiger partial charge in [-0.05, 0) is 30.5 Å². The van der Waals surface area contributed by atoms with Gasteiger partial charge in [0.1, 0.15) is 0 Å². The van der Waals surface area contributed by atoms with E-state index in [0.29, 0.717) is 5.56 Å². The zero-order valence-electron chi connectivity index (χ0n) is 9.57. The van der Waals surface area contributed by atoms with Crippen LogP contribution < -0.4 is 5.32 Å². The van der Waals surface area contributed by atoms with Crippen molar-refractivity contribution in [2.45, 2.75) is 26.8 Å². The van der Waals surface area contributed by atoms with E-state index in [1.54, 1.807) is 12.1 Å². The second kappa shape index (κ2) is 4.79. The number of carboxylic acids is 1. The van der Waals surface area contributed by atoms with Crippen LogP contribution in [0.4, 0.5) is 0 Å². The number of hydrogen-bond donors (Lipinski definition) is 2. The Morgan fingerprint density at radius 1 is 1.25 bits per heavy atom. The van der Waals surface area contributed by atoms with Crippen LogP contribution in [0.25, 0.3) is 0 Å². The largest absolute Gasteiger partial charge is 0.479 e. The highest BCUT2D eigenvalue weighted by Gasteiger charge is 2.20. The van der Waals surface area contributed by atoms with Crippen LogP contribution in [0.3, 0.4) is 0 Å². The van der Waals surface area contributed by atoms with Crippen LogP contribution in [0.15, 0.2) is 18.2 Å². The Morgan fingerprint density at radius 2 is 1.88 bits per heavy atom. The minimum Gasteiger partial charge on any atom is -0.479 e. The summed E-state index contributed by atoms with van der Waals surface area (Å²) in [5.41, 5.74) is 2.69. The van der Waals surface area contributed by atoms with Gasteiger partial charge in [-0.25, -0.2) is 4.79 Å². The van der Waals surface area contributed by atoms with Crippen molar-refractivity contribution < 1.29 is 14.7 Å². The van der Waals surface area contributed by atoms with Crippen LogP contribution in [-0.4, -0.2) is 17.0 Å². The number of benzene rings is 1. The van der Waals surface area contributed by atoms with Crippen LogP contribution in [0, 0.1) is 13.8 Å². The number of carbonyl (C=O) groups excluding carboxylic acids is 1. The van der Waals surface area contributed by atoms with Gasteiger partial charge in [0, 0.05) is 6.92 Å². The van der Waals surface area contributed by atoms with Crippen LogP contribution in [0.2, 0.25) is 0 Å². The Balaban J connectivity index is 3.06. The molecule has 2 N–H and O–H groups in total. The molecule has 1 aromatic carbocycles. The SMILES string of the molecule is CC(=O)NC(C(=O)O)c1ccc(C)c(C)c1. The van der Waals surface area contributed by atoms with E-state index < -0.39 is 12.0 Å². The fraction of sp³-hybridized carbons (Fsp3) is 0.333. The van der Waals surface area contributed by atoms with E-state index in [2.05, 4.69) is 5.32 Å². The van der Waals surface area contributed by atoms with Crippen LogP contribution in [-0.2, 0) is 9.59 Å². The first-order chi connectivity index (χ1) is 7.41. The fourth-order valence-electron chi connectivity index (χ4n) is 1.44. The highest BCUT2D eigenvalue weighted by atomic mass is 16.4. The molecule has 0 spiro atoms. The monoisotopic (exact) mass is 221 g/mol. The number of rotatable bonds is 3. The van der Waals surface area contributed by atoms with Gasteiger partial charge in [0.25, 0.3) is 0 Å². The molecule has 1 unspecified atom stereocenters. The summed E-state index contributed by atoms with van der Waals surface area (Å²) >= 11 is 0. The number of hydrogen-bond acceptors (Lipinski definition) is 2. The quantitative estimate of drug-likeness (QED) is 0.814. The van der Waals surface area contributed by atoms with Crippen LogP contribution in [0.1, 0.15) is 29.7 Å². The molecule has 4 heteroatoms. The van der Waals surface area contributed by atoms with E-state index in [0.717, 1.165) is 11.1 Å². The van der Waals surface area contributed by atoms with E-state index in [-0.39, 0.29) is 5.91 Å². The maximum absolute atomic E-state index is 11.0. The topological polar surface area (TPSA) is 66.4 Å². The minimum atomic E-state index is -1.06. The molecule has 0 saturated heterocycles. The van der Waals surface area contributed by atoms with Crippen LogP contribution in [0.5, 0.6) is 0 Å². The summed E-state index contributed by atoms with van der Waals surface area (Å²) in [6.45, 7) is 5.16. The molecule has 4 nitrogen and oxygen atoms in total. The molecule has 0 heterocycles. The number of nitrogens with one attached hydrogen (secondary N) is 1. The lowest BCUT2D eigenvalue weighted by Crippen LogP contribution is -2.32. The van der Waals surface area contributed by atoms with Gasteiger partial charge in [0.2, 0.25) is 5.91 Å². The van der Waals surface area contributed by atoms with Crippen molar-refractivity contribution in [1.29, 1.82) is 0 Å². The molecule has 1 atom stereocenters. The zero-order chi connectivity index (χ0) is 12.3. The number of aryl methyl sites for hydroxylation is 2. The fourth-order valence-corrected chi connectivity index (χ4v) is 1.44. The average Bonchev–Trinajstić information content (AvgIpc) is 2.18. The summed E-state index contributed by atoms with van der Waals surface area (Å²) in [5, 5.41) is 11.4. The van der Waals surface area contributed by atoms with Gasteiger partial charge in [-0.1, -0.05) is 18.2 Å². The van der Waals surface area contributed by atoms with Crippen molar-refractivity contribution in [2.24, 2.45) is 0 Å². The molecule has 0 aliphatic carbocycles. The van der Waals surface area contributed by atoms with Gasteiger partial charge in [0.15, 0.2) is 6.04 Å². The van der Waals surface area contributed by atoms with Crippen molar-refractivity contribution in [3.63, 3.8) is 0 Å². The van der Waals surface area contributed by atoms with Gasteiger partial charge in [-0.3, -0.25) is 4.79 Å². The Labute approximate surface area is 94.3 Å². The second-order valence-corrected chi connectivity index (χ2v) is 3.82. The van der Waals surface area contributed by atoms with E-state index in [1.165, 1.54) is 6.92 Å². The maximum atomic E-state index is 11.0. The first kappa shape index (κ1) is 12.2. The van der Waals surface area contributed by atoms with Crippen molar-refractivity contribution >= 4 is 11.9 Å². The smallest absolute Gasteiger partial charge is 0.330 e. The highest BCUT2D eigenvalue weighted by molar-refractivity contribution is 5.83. The maximum Gasteiger partial charge on any atom is 0.330 e. The molecule has 0 bridgehead atoms. The summed E-state index contributed by atoms with van der Waals surface area (Å²) in [4.78, 5) is 21.9. The van der Waals surface area contributed by atoms with E-state index in [9.17, 15) is 9.59 Å². The molecular formula is C12H15NO3. The first-order valence-corrected chi connectivity index (χ1v) is 4.99. The summed E-state index contributed by atoms with van der Waals surface area (Å²) < 4.78 is 0. The van der Waals surface area contributed by atoms with E-state index >= 15 is 0 Å². The number of aliphatic carboxylic acids is 1. The minimum absolute atomic E-state index is 0.356. The Morgan fingerprint density at radius 3 is 2.31 bits per heavy atom. The molecule has 1 aromatic rings. The Hall–Kier alpha value is -1.84. The predicted octanol–water partition coefficient (Wildman–Crippen LogP) is 1.57. The molecular weight excluding hydrogens is 206 g/mol. The molecule has 1 amide bonds. The van der Waals surface area contributed by atoms with Crippen molar-refractivity contribution in [2.75, 3.05) is 0 Å².